The lowest BCUT2D eigenvalue weighted by atomic mass is 9.88. The van der Waals surface area contributed by atoms with Crippen molar-refractivity contribution in [2.24, 2.45) is 11.7 Å². The van der Waals surface area contributed by atoms with Gasteiger partial charge in [0.25, 0.3) is 0 Å². The van der Waals surface area contributed by atoms with Crippen LogP contribution >= 0.6 is 0 Å². The topological polar surface area (TPSA) is 103 Å². The molecule has 7 nitrogen and oxygen atoms in total. The van der Waals surface area contributed by atoms with Crippen LogP contribution in [0.15, 0.2) is 30.4 Å². The first-order valence-electron chi connectivity index (χ1n) is 7.29. The third-order valence-corrected chi connectivity index (χ3v) is 3.77. The van der Waals surface area contributed by atoms with Gasteiger partial charge in [0.2, 0.25) is 5.91 Å². The fourth-order valence-electron chi connectivity index (χ4n) is 2.53. The average molecular weight is 319 g/mol. The molecule has 7 heteroatoms. The lowest BCUT2D eigenvalue weighted by Gasteiger charge is -2.27. The van der Waals surface area contributed by atoms with Gasteiger partial charge in [0.15, 0.2) is 0 Å². The summed E-state index contributed by atoms with van der Waals surface area (Å²) >= 11 is 0. The van der Waals surface area contributed by atoms with E-state index >= 15 is 0 Å². The SMILES string of the molecule is COc1ccc(OC)c(NC(=O)N[C@@H]2CC=CC[C@H]2C(N)=O)c1. The number of anilines is 1. The number of nitrogens with one attached hydrogen (secondary N) is 2. The van der Waals surface area contributed by atoms with E-state index in [9.17, 15) is 9.59 Å². The minimum atomic E-state index is -0.428. The van der Waals surface area contributed by atoms with E-state index < -0.39 is 17.9 Å². The minimum Gasteiger partial charge on any atom is -0.497 e. The van der Waals surface area contributed by atoms with Gasteiger partial charge in [0, 0.05) is 12.1 Å². The summed E-state index contributed by atoms with van der Waals surface area (Å²) < 4.78 is 10.3. The number of amides is 3. The maximum absolute atomic E-state index is 12.2. The number of benzene rings is 1. The summed E-state index contributed by atoms with van der Waals surface area (Å²) in [5.41, 5.74) is 5.87. The third-order valence-electron chi connectivity index (χ3n) is 3.77. The Morgan fingerprint density at radius 2 is 1.91 bits per heavy atom. The molecular formula is C16H21N3O4. The number of hydrogen-bond acceptors (Lipinski definition) is 4. The quantitative estimate of drug-likeness (QED) is 0.718. The zero-order valence-electron chi connectivity index (χ0n) is 13.2. The zero-order chi connectivity index (χ0) is 16.8. The van der Waals surface area contributed by atoms with Crippen molar-refractivity contribution in [3.8, 4) is 11.5 Å². The molecule has 124 valence electrons. The number of carbonyl (C=O) groups is 2. The highest BCUT2D eigenvalue weighted by Crippen LogP contribution is 2.29. The predicted molar refractivity (Wildman–Crippen MR) is 86.5 cm³/mol. The summed E-state index contributed by atoms with van der Waals surface area (Å²) in [5.74, 6) is 0.282. The van der Waals surface area contributed by atoms with E-state index in [1.807, 2.05) is 12.2 Å². The van der Waals surface area contributed by atoms with Gasteiger partial charge in [-0.15, -0.1) is 0 Å². The number of carbonyl (C=O) groups excluding carboxylic acids is 2. The predicted octanol–water partition coefficient (Wildman–Crippen LogP) is 1.65. The second-order valence-corrected chi connectivity index (χ2v) is 5.22. The monoisotopic (exact) mass is 319 g/mol. The van der Waals surface area contributed by atoms with E-state index in [-0.39, 0.29) is 6.04 Å². The smallest absolute Gasteiger partial charge is 0.319 e. The molecule has 0 radical (unpaired) electrons. The molecule has 1 aromatic rings. The Morgan fingerprint density at radius 1 is 1.17 bits per heavy atom. The van der Waals surface area contributed by atoms with Gasteiger partial charge in [-0.2, -0.15) is 0 Å². The molecule has 0 aromatic heterocycles. The Bertz CT molecular complexity index is 615. The van der Waals surface area contributed by atoms with Gasteiger partial charge in [-0.1, -0.05) is 12.2 Å². The van der Waals surface area contributed by atoms with Gasteiger partial charge in [-0.3, -0.25) is 4.79 Å². The van der Waals surface area contributed by atoms with Crippen LogP contribution in [0, 0.1) is 5.92 Å². The highest BCUT2D eigenvalue weighted by molar-refractivity contribution is 5.92. The van der Waals surface area contributed by atoms with E-state index in [0.717, 1.165) is 0 Å². The fourth-order valence-corrected chi connectivity index (χ4v) is 2.53. The summed E-state index contributed by atoms with van der Waals surface area (Å²) in [5, 5.41) is 5.50. The normalized spacial score (nSPS) is 19.7. The van der Waals surface area contributed by atoms with E-state index in [1.165, 1.54) is 14.2 Å². The van der Waals surface area contributed by atoms with E-state index in [4.69, 9.17) is 15.2 Å². The molecule has 23 heavy (non-hydrogen) atoms. The van der Waals surface area contributed by atoms with Gasteiger partial charge in [0.1, 0.15) is 11.5 Å². The summed E-state index contributed by atoms with van der Waals surface area (Å²) in [7, 11) is 3.05. The van der Waals surface area contributed by atoms with Crippen LogP contribution in [0.1, 0.15) is 12.8 Å². The van der Waals surface area contributed by atoms with Crippen molar-refractivity contribution in [2.75, 3.05) is 19.5 Å². The summed E-state index contributed by atoms with van der Waals surface area (Å²) in [6.07, 6.45) is 4.92. The molecule has 0 bridgehead atoms. The van der Waals surface area contributed by atoms with Crippen LogP contribution in [0.3, 0.4) is 0 Å². The van der Waals surface area contributed by atoms with Crippen LogP contribution in [-0.4, -0.2) is 32.2 Å². The molecule has 2 atom stereocenters. The molecule has 1 aromatic carbocycles. The lowest BCUT2D eigenvalue weighted by molar-refractivity contribution is -0.122. The molecule has 0 saturated carbocycles. The maximum atomic E-state index is 12.2. The number of rotatable bonds is 5. The van der Waals surface area contributed by atoms with Crippen LogP contribution in [0.5, 0.6) is 11.5 Å². The standard InChI is InChI=1S/C16H21N3O4/c1-22-10-7-8-14(23-2)13(9-10)19-16(21)18-12-6-4-3-5-11(12)15(17)20/h3-4,7-9,11-12H,5-6H2,1-2H3,(H2,17,20)(H2,18,19,21)/t11-,12-/m1/s1. The first kappa shape index (κ1) is 16.7. The number of allylic oxidation sites excluding steroid dienone is 1. The molecule has 3 amide bonds. The van der Waals surface area contributed by atoms with E-state index in [1.54, 1.807) is 18.2 Å². The van der Waals surface area contributed by atoms with Crippen molar-refractivity contribution >= 4 is 17.6 Å². The number of methoxy groups -OCH3 is 2. The molecule has 0 spiro atoms. The average Bonchev–Trinajstić information content (AvgIpc) is 2.55. The number of ether oxygens (including phenoxy) is 2. The second-order valence-electron chi connectivity index (χ2n) is 5.22. The molecule has 0 unspecified atom stereocenters. The molecule has 4 N–H and O–H groups in total. The molecule has 0 saturated heterocycles. The Labute approximate surface area is 134 Å². The van der Waals surface area contributed by atoms with Crippen molar-refractivity contribution < 1.29 is 19.1 Å². The number of nitrogens with two attached hydrogens (primary N) is 1. The largest absolute Gasteiger partial charge is 0.497 e. The first-order chi connectivity index (χ1) is 11.0. The Morgan fingerprint density at radius 3 is 2.57 bits per heavy atom. The first-order valence-corrected chi connectivity index (χ1v) is 7.29. The van der Waals surface area contributed by atoms with Crippen LogP contribution in [-0.2, 0) is 4.79 Å². The number of hydrogen-bond donors (Lipinski definition) is 3. The van der Waals surface area contributed by atoms with Crippen molar-refractivity contribution in [3.63, 3.8) is 0 Å². The van der Waals surface area contributed by atoms with Crippen molar-refractivity contribution in [1.82, 2.24) is 5.32 Å². The number of urea groups is 1. The minimum absolute atomic E-state index is 0.325. The van der Waals surface area contributed by atoms with Crippen molar-refractivity contribution in [3.05, 3.63) is 30.4 Å². The van der Waals surface area contributed by atoms with Crippen LogP contribution in [0.25, 0.3) is 0 Å². The zero-order valence-corrected chi connectivity index (χ0v) is 13.2. The maximum Gasteiger partial charge on any atom is 0.319 e. The second kappa shape index (κ2) is 7.53. The highest BCUT2D eigenvalue weighted by atomic mass is 16.5. The van der Waals surface area contributed by atoms with Gasteiger partial charge < -0.3 is 25.8 Å². The Balaban J connectivity index is 2.07. The van der Waals surface area contributed by atoms with Gasteiger partial charge in [-0.25, -0.2) is 4.79 Å². The fraction of sp³-hybridized carbons (Fsp3) is 0.375. The number of primary amides is 1. The molecular weight excluding hydrogens is 298 g/mol. The third kappa shape index (κ3) is 4.15. The van der Waals surface area contributed by atoms with E-state index in [2.05, 4.69) is 10.6 Å². The van der Waals surface area contributed by atoms with E-state index in [0.29, 0.717) is 30.0 Å². The summed E-state index contributed by atoms with van der Waals surface area (Å²) in [4.78, 5) is 23.7. The van der Waals surface area contributed by atoms with Crippen LogP contribution in [0.2, 0.25) is 0 Å². The lowest BCUT2D eigenvalue weighted by Crippen LogP contribution is -2.47. The van der Waals surface area contributed by atoms with Gasteiger partial charge in [0.05, 0.1) is 25.8 Å². The van der Waals surface area contributed by atoms with Crippen LogP contribution < -0.4 is 25.8 Å². The van der Waals surface area contributed by atoms with Crippen molar-refractivity contribution in [1.29, 1.82) is 0 Å². The molecule has 0 aliphatic heterocycles. The molecule has 0 heterocycles. The van der Waals surface area contributed by atoms with Crippen LogP contribution in [0.4, 0.5) is 10.5 Å². The molecule has 0 fully saturated rings. The summed E-state index contributed by atoms with van der Waals surface area (Å²) in [6.45, 7) is 0. The molecule has 2 rings (SSSR count). The Kier molecular flexibility index (Phi) is 5.46. The highest BCUT2D eigenvalue weighted by Gasteiger charge is 2.28. The molecule has 1 aliphatic rings. The van der Waals surface area contributed by atoms with Gasteiger partial charge in [-0.05, 0) is 25.0 Å². The van der Waals surface area contributed by atoms with Gasteiger partial charge >= 0.3 is 6.03 Å². The molecule has 1 aliphatic carbocycles. The Hall–Kier alpha value is -2.70. The van der Waals surface area contributed by atoms with Crippen molar-refractivity contribution in [2.45, 2.75) is 18.9 Å². The summed E-state index contributed by atoms with van der Waals surface area (Å²) in [6, 6.07) is 4.34.